The van der Waals surface area contributed by atoms with Gasteiger partial charge in [0.15, 0.2) is 11.5 Å². The van der Waals surface area contributed by atoms with E-state index in [0.717, 1.165) is 35.3 Å². The van der Waals surface area contributed by atoms with Crippen molar-refractivity contribution in [3.63, 3.8) is 0 Å². The minimum Gasteiger partial charge on any atom is -0.493 e. The van der Waals surface area contributed by atoms with Crippen molar-refractivity contribution in [1.82, 2.24) is 9.47 Å². The molecule has 206 valence electrons. The van der Waals surface area contributed by atoms with Gasteiger partial charge < -0.3 is 28.4 Å². The number of piperidine rings is 1. The molecule has 1 fully saturated rings. The summed E-state index contributed by atoms with van der Waals surface area (Å²) in [6, 6.07) is 15.4. The van der Waals surface area contributed by atoms with Gasteiger partial charge in [0.1, 0.15) is 12.2 Å². The largest absolute Gasteiger partial charge is 0.493 e. The van der Waals surface area contributed by atoms with E-state index in [1.165, 1.54) is 7.11 Å². The molecule has 0 unspecified atom stereocenters. The topological polar surface area (TPSA) is 79.2 Å². The van der Waals surface area contributed by atoms with Gasteiger partial charge in [0, 0.05) is 41.9 Å². The lowest BCUT2D eigenvalue weighted by molar-refractivity contribution is -0.142. The number of carbonyl (C=O) groups excluding carboxylic acids is 2. The van der Waals surface area contributed by atoms with Crippen LogP contribution in [0.15, 0.2) is 54.7 Å². The van der Waals surface area contributed by atoms with E-state index >= 15 is 0 Å². The van der Waals surface area contributed by atoms with E-state index in [-0.39, 0.29) is 24.2 Å². The van der Waals surface area contributed by atoms with E-state index in [1.54, 1.807) is 14.2 Å². The van der Waals surface area contributed by atoms with Crippen molar-refractivity contribution in [3.05, 3.63) is 76.6 Å². The summed E-state index contributed by atoms with van der Waals surface area (Å²) in [6.45, 7) is 1.22. The zero-order valence-electron chi connectivity index (χ0n) is 22.4. The van der Waals surface area contributed by atoms with Gasteiger partial charge in [-0.2, -0.15) is 0 Å². The highest BCUT2D eigenvalue weighted by molar-refractivity contribution is 6.30. The summed E-state index contributed by atoms with van der Waals surface area (Å²) in [4.78, 5) is 27.1. The van der Waals surface area contributed by atoms with Crippen molar-refractivity contribution in [1.29, 1.82) is 0 Å². The summed E-state index contributed by atoms with van der Waals surface area (Å²) in [7, 11) is 4.61. The quantitative estimate of drug-likeness (QED) is 0.360. The van der Waals surface area contributed by atoms with Gasteiger partial charge in [-0.25, -0.2) is 0 Å². The molecule has 1 aromatic heterocycles. The van der Waals surface area contributed by atoms with Crippen molar-refractivity contribution in [2.24, 2.45) is 5.92 Å². The van der Waals surface area contributed by atoms with Gasteiger partial charge in [-0.3, -0.25) is 9.59 Å². The normalized spacial score (nSPS) is 19.0. The van der Waals surface area contributed by atoms with Gasteiger partial charge in [-0.1, -0.05) is 23.7 Å². The van der Waals surface area contributed by atoms with Crippen molar-refractivity contribution >= 4 is 23.5 Å². The lowest BCUT2D eigenvalue weighted by Crippen LogP contribution is -2.39. The number of nitrogens with zero attached hydrogens (tertiary/aromatic N) is 2. The fraction of sp³-hybridized carbons (Fsp3) is 0.400. The SMILES string of the molecule is COC(=O)CC1CCN(C(=O)C[C@H]2O[C@H](c3cccc(OC)c3OC)c3cc(Cl)ccc3-n3cccc32)CC1. The molecule has 0 saturated carbocycles. The van der Waals surface area contributed by atoms with Crippen LogP contribution in [0.25, 0.3) is 5.69 Å². The molecule has 2 aliphatic rings. The van der Waals surface area contributed by atoms with Crippen LogP contribution in [0.4, 0.5) is 0 Å². The molecule has 0 radical (unpaired) electrons. The first-order valence-corrected chi connectivity index (χ1v) is 13.5. The Hall–Kier alpha value is -3.49. The summed E-state index contributed by atoms with van der Waals surface area (Å²) < 4.78 is 25.0. The van der Waals surface area contributed by atoms with Crippen LogP contribution >= 0.6 is 11.6 Å². The molecule has 0 N–H and O–H groups in total. The maximum absolute atomic E-state index is 13.6. The lowest BCUT2D eigenvalue weighted by Gasteiger charge is -2.33. The van der Waals surface area contributed by atoms with E-state index in [0.29, 0.717) is 36.0 Å². The number of rotatable bonds is 7. The number of ether oxygens (including phenoxy) is 4. The Bertz CT molecular complexity index is 1350. The number of para-hydroxylation sites is 1. The van der Waals surface area contributed by atoms with Crippen molar-refractivity contribution in [2.75, 3.05) is 34.4 Å². The predicted octanol–water partition coefficient (Wildman–Crippen LogP) is 5.50. The van der Waals surface area contributed by atoms with E-state index in [2.05, 4.69) is 4.57 Å². The Morgan fingerprint density at radius 3 is 2.49 bits per heavy atom. The molecule has 0 bridgehead atoms. The number of hydrogen-bond donors (Lipinski definition) is 0. The molecule has 0 aliphatic carbocycles. The van der Waals surface area contributed by atoms with E-state index in [9.17, 15) is 9.59 Å². The molecule has 9 heteroatoms. The zero-order chi connectivity index (χ0) is 27.5. The van der Waals surface area contributed by atoms with Crippen LogP contribution in [0.3, 0.4) is 0 Å². The highest BCUT2D eigenvalue weighted by Gasteiger charge is 2.35. The number of likely N-dealkylation sites (tertiary alicyclic amines) is 1. The van der Waals surface area contributed by atoms with Crippen LogP contribution in [-0.2, 0) is 19.1 Å². The van der Waals surface area contributed by atoms with Gasteiger partial charge >= 0.3 is 5.97 Å². The molecule has 8 nitrogen and oxygen atoms in total. The summed E-state index contributed by atoms with van der Waals surface area (Å²) in [5, 5.41) is 0.585. The Morgan fingerprint density at radius 1 is 0.974 bits per heavy atom. The average molecular weight is 553 g/mol. The number of hydrogen-bond acceptors (Lipinski definition) is 6. The number of amides is 1. The zero-order valence-corrected chi connectivity index (χ0v) is 23.1. The summed E-state index contributed by atoms with van der Waals surface area (Å²) >= 11 is 6.48. The molecular formula is C30H33ClN2O6. The number of esters is 1. The van der Waals surface area contributed by atoms with Gasteiger partial charge in [0.25, 0.3) is 0 Å². The Kier molecular flexibility index (Phi) is 8.14. The first kappa shape index (κ1) is 27.1. The smallest absolute Gasteiger partial charge is 0.305 e. The highest BCUT2D eigenvalue weighted by Crippen LogP contribution is 2.46. The molecule has 3 aromatic rings. The lowest BCUT2D eigenvalue weighted by atomic mass is 9.93. The number of carbonyl (C=O) groups is 2. The van der Waals surface area contributed by atoms with Gasteiger partial charge in [-0.05, 0) is 55.2 Å². The number of methoxy groups -OCH3 is 3. The third-order valence-corrected chi connectivity index (χ3v) is 7.90. The molecule has 1 amide bonds. The molecule has 5 rings (SSSR count). The Balaban J connectivity index is 1.46. The monoisotopic (exact) mass is 552 g/mol. The molecule has 3 heterocycles. The van der Waals surface area contributed by atoms with Gasteiger partial charge in [0.05, 0.1) is 39.1 Å². The van der Waals surface area contributed by atoms with Crippen molar-refractivity contribution < 1.29 is 28.5 Å². The molecule has 39 heavy (non-hydrogen) atoms. The van der Waals surface area contributed by atoms with E-state index < -0.39 is 12.2 Å². The minimum atomic E-state index is -0.563. The second kappa shape index (κ2) is 11.7. The molecule has 2 atom stereocenters. The molecule has 2 aliphatic heterocycles. The average Bonchev–Trinajstić information content (AvgIpc) is 3.40. The Labute approximate surface area is 233 Å². The first-order chi connectivity index (χ1) is 18.9. The van der Waals surface area contributed by atoms with E-state index in [4.69, 9.17) is 30.5 Å². The number of benzene rings is 2. The number of halogens is 1. The van der Waals surface area contributed by atoms with Crippen LogP contribution in [-0.4, -0.2) is 55.8 Å². The Morgan fingerprint density at radius 2 is 1.77 bits per heavy atom. The second-order valence-electron chi connectivity index (χ2n) is 9.90. The molecule has 1 saturated heterocycles. The number of aromatic nitrogens is 1. The van der Waals surface area contributed by atoms with Crippen LogP contribution in [0.5, 0.6) is 11.5 Å². The van der Waals surface area contributed by atoms with Crippen LogP contribution in [0.1, 0.15) is 54.7 Å². The second-order valence-corrected chi connectivity index (χ2v) is 10.3. The third-order valence-electron chi connectivity index (χ3n) is 7.67. The van der Waals surface area contributed by atoms with Crippen molar-refractivity contribution in [3.8, 4) is 17.2 Å². The summed E-state index contributed by atoms with van der Waals surface area (Å²) in [5.41, 5.74) is 3.46. The van der Waals surface area contributed by atoms with Gasteiger partial charge in [0.2, 0.25) is 5.91 Å². The first-order valence-electron chi connectivity index (χ1n) is 13.1. The summed E-state index contributed by atoms with van der Waals surface area (Å²) in [5.74, 6) is 1.21. The minimum absolute atomic E-state index is 0.0182. The third kappa shape index (κ3) is 5.49. The predicted molar refractivity (Wildman–Crippen MR) is 147 cm³/mol. The maximum Gasteiger partial charge on any atom is 0.305 e. The van der Waals surface area contributed by atoms with Crippen LogP contribution < -0.4 is 9.47 Å². The molecule has 2 aromatic carbocycles. The van der Waals surface area contributed by atoms with Crippen molar-refractivity contribution in [2.45, 2.75) is 37.9 Å². The highest BCUT2D eigenvalue weighted by atomic mass is 35.5. The molecule has 0 spiro atoms. The van der Waals surface area contributed by atoms with Crippen LogP contribution in [0, 0.1) is 5.92 Å². The maximum atomic E-state index is 13.6. The van der Waals surface area contributed by atoms with E-state index in [1.807, 2.05) is 59.6 Å². The summed E-state index contributed by atoms with van der Waals surface area (Å²) in [6.07, 6.45) is 3.01. The standard InChI is InChI=1S/C30H33ClN2O6/c1-36-25-8-4-6-21(30(25)38-3)29-22-17-20(31)9-10-23(22)33-13-5-7-24(33)26(39-29)18-27(34)32-14-11-19(12-15-32)16-28(35)37-2/h4-10,13,17,19,26,29H,11-12,14-16,18H2,1-3H3/t26-,29-/m1/s1. The number of fused-ring (bicyclic) bond motifs is 3. The van der Waals surface area contributed by atoms with Gasteiger partial charge in [-0.15, -0.1) is 0 Å². The molecular weight excluding hydrogens is 520 g/mol. The fourth-order valence-corrected chi connectivity index (χ4v) is 5.82. The fourth-order valence-electron chi connectivity index (χ4n) is 5.64. The van der Waals surface area contributed by atoms with Crippen LogP contribution in [0.2, 0.25) is 5.02 Å².